The van der Waals surface area contributed by atoms with Crippen molar-refractivity contribution in [3.05, 3.63) is 53.7 Å². The van der Waals surface area contributed by atoms with E-state index in [-0.39, 0.29) is 30.2 Å². The number of esters is 1. The Morgan fingerprint density at radius 1 is 1.06 bits per heavy atom. The summed E-state index contributed by atoms with van der Waals surface area (Å²) in [5.74, 6) is -0.159. The predicted octanol–water partition coefficient (Wildman–Crippen LogP) is 4.27. The molecule has 35 heavy (non-hydrogen) atoms. The zero-order chi connectivity index (χ0) is 24.8. The molecule has 0 radical (unpaired) electrons. The van der Waals surface area contributed by atoms with Crippen molar-refractivity contribution in [2.24, 2.45) is 0 Å². The Labute approximate surface area is 203 Å². The van der Waals surface area contributed by atoms with Gasteiger partial charge < -0.3 is 19.9 Å². The maximum atomic E-state index is 12.7. The van der Waals surface area contributed by atoms with Crippen molar-refractivity contribution in [1.82, 2.24) is 15.5 Å². The summed E-state index contributed by atoms with van der Waals surface area (Å²) in [4.78, 5) is 41.5. The first kappa shape index (κ1) is 24.4. The number of benzene rings is 2. The molecule has 1 aromatic heterocycles. The van der Waals surface area contributed by atoms with E-state index in [0.29, 0.717) is 17.4 Å². The number of anilines is 1. The molecule has 1 aliphatic carbocycles. The van der Waals surface area contributed by atoms with Crippen molar-refractivity contribution in [2.45, 2.75) is 63.8 Å². The number of aromatic nitrogens is 2. The predicted molar refractivity (Wildman–Crippen MR) is 130 cm³/mol. The molecule has 0 aliphatic heterocycles. The van der Waals surface area contributed by atoms with Crippen LogP contribution in [0.1, 0.15) is 73.9 Å². The van der Waals surface area contributed by atoms with Crippen LogP contribution in [0.2, 0.25) is 0 Å². The third kappa shape index (κ3) is 5.67. The topological polar surface area (TPSA) is 123 Å². The van der Waals surface area contributed by atoms with Gasteiger partial charge in [-0.3, -0.25) is 9.59 Å². The molecule has 1 fully saturated rings. The largest absolute Gasteiger partial charge is 0.465 e. The fourth-order valence-corrected chi connectivity index (χ4v) is 4.68. The lowest BCUT2D eigenvalue weighted by Crippen LogP contribution is -2.45. The van der Waals surface area contributed by atoms with Gasteiger partial charge in [-0.25, -0.2) is 4.79 Å². The lowest BCUT2D eigenvalue weighted by atomic mass is 9.89. The maximum absolute atomic E-state index is 12.7. The highest BCUT2D eigenvalue weighted by atomic mass is 16.5. The fraction of sp³-hybridized carbons (Fsp3) is 0.423. The molecule has 1 heterocycles. The Hall–Kier alpha value is -3.75. The van der Waals surface area contributed by atoms with Gasteiger partial charge in [0.25, 0.3) is 0 Å². The molecule has 2 N–H and O–H groups in total. The van der Waals surface area contributed by atoms with Crippen LogP contribution in [0.5, 0.6) is 0 Å². The first-order valence-electron chi connectivity index (χ1n) is 11.9. The maximum Gasteiger partial charge on any atom is 0.339 e. The Balaban J connectivity index is 1.46. The van der Waals surface area contributed by atoms with Gasteiger partial charge in [-0.1, -0.05) is 55.1 Å². The number of nitrogens with zero attached hydrogens (tertiary/aromatic N) is 2. The van der Waals surface area contributed by atoms with Gasteiger partial charge >= 0.3 is 5.97 Å². The molecular formula is C26H30N4O5. The van der Waals surface area contributed by atoms with E-state index in [1.54, 1.807) is 12.1 Å². The highest BCUT2D eigenvalue weighted by Crippen LogP contribution is 2.34. The molecule has 1 aliphatic rings. The zero-order valence-electron chi connectivity index (χ0n) is 20.1. The normalized spacial score (nSPS) is 15.3. The number of hydrogen-bond donors (Lipinski definition) is 2. The van der Waals surface area contributed by atoms with Crippen molar-refractivity contribution in [3.8, 4) is 0 Å². The van der Waals surface area contributed by atoms with Crippen LogP contribution in [0, 0.1) is 0 Å². The van der Waals surface area contributed by atoms with Crippen molar-refractivity contribution < 1.29 is 23.6 Å². The molecule has 0 saturated heterocycles. The molecule has 0 unspecified atom stereocenters. The Morgan fingerprint density at radius 3 is 2.40 bits per heavy atom. The van der Waals surface area contributed by atoms with Crippen molar-refractivity contribution in [1.29, 1.82) is 0 Å². The number of fused-ring (bicyclic) bond motifs is 1. The molecule has 4 rings (SSSR count). The molecule has 1 saturated carbocycles. The highest BCUT2D eigenvalue weighted by Gasteiger charge is 2.38. The van der Waals surface area contributed by atoms with E-state index in [2.05, 4.69) is 20.8 Å². The van der Waals surface area contributed by atoms with Gasteiger partial charge in [0, 0.05) is 19.8 Å². The van der Waals surface area contributed by atoms with Gasteiger partial charge in [-0.05, 0) is 35.7 Å². The molecule has 2 amide bonds. The van der Waals surface area contributed by atoms with Crippen molar-refractivity contribution in [2.75, 3.05) is 12.4 Å². The summed E-state index contributed by atoms with van der Waals surface area (Å²) in [6.07, 6.45) is 5.98. The van der Waals surface area contributed by atoms with Crippen molar-refractivity contribution in [3.63, 3.8) is 0 Å². The number of hydrogen-bond acceptors (Lipinski definition) is 7. The second-order valence-corrected chi connectivity index (χ2v) is 8.97. The average Bonchev–Trinajstić information content (AvgIpc) is 3.21. The summed E-state index contributed by atoms with van der Waals surface area (Å²) >= 11 is 0. The molecule has 0 spiro atoms. The van der Waals surface area contributed by atoms with Gasteiger partial charge in [0.05, 0.1) is 18.4 Å². The zero-order valence-corrected chi connectivity index (χ0v) is 20.1. The summed E-state index contributed by atoms with van der Waals surface area (Å²) in [7, 11) is 1.30. The lowest BCUT2D eigenvalue weighted by Gasteiger charge is -2.30. The van der Waals surface area contributed by atoms with E-state index in [4.69, 9.17) is 9.26 Å². The Bertz CT molecular complexity index is 1230. The number of carbonyl (C=O) groups excluding carboxylic acids is 3. The molecular weight excluding hydrogens is 448 g/mol. The van der Waals surface area contributed by atoms with E-state index >= 15 is 0 Å². The molecule has 9 nitrogen and oxygen atoms in total. The van der Waals surface area contributed by atoms with E-state index in [1.807, 2.05) is 24.3 Å². The van der Waals surface area contributed by atoms with Gasteiger partial charge in [0.15, 0.2) is 5.82 Å². The van der Waals surface area contributed by atoms with Crippen LogP contribution < -0.4 is 10.6 Å². The van der Waals surface area contributed by atoms with Crippen LogP contribution in [0.25, 0.3) is 10.8 Å². The van der Waals surface area contributed by atoms with Gasteiger partial charge in [-0.2, -0.15) is 4.98 Å². The average molecular weight is 479 g/mol. The van der Waals surface area contributed by atoms with Crippen LogP contribution in [-0.4, -0.2) is 35.0 Å². The summed E-state index contributed by atoms with van der Waals surface area (Å²) in [6, 6.07) is 11.0. The summed E-state index contributed by atoms with van der Waals surface area (Å²) in [5, 5.41) is 11.8. The first-order chi connectivity index (χ1) is 16.9. The van der Waals surface area contributed by atoms with E-state index in [1.165, 1.54) is 14.0 Å². The van der Waals surface area contributed by atoms with Crippen LogP contribution in [0.4, 0.5) is 5.69 Å². The molecule has 9 heteroatoms. The number of aryl methyl sites for hydroxylation is 1. The van der Waals surface area contributed by atoms with E-state index in [9.17, 15) is 14.4 Å². The number of carbonyl (C=O) groups is 3. The third-order valence-electron chi connectivity index (χ3n) is 6.40. The van der Waals surface area contributed by atoms with Gasteiger partial charge in [-0.15, -0.1) is 0 Å². The van der Waals surface area contributed by atoms with E-state index in [0.717, 1.165) is 49.3 Å². The number of nitrogens with one attached hydrogen (secondary N) is 2. The fourth-order valence-electron chi connectivity index (χ4n) is 4.68. The molecule has 3 aromatic rings. The number of ether oxygens (including phenoxy) is 1. The number of rotatable bonds is 7. The second-order valence-electron chi connectivity index (χ2n) is 8.97. The number of amides is 2. The minimum atomic E-state index is -0.632. The van der Waals surface area contributed by atoms with Crippen LogP contribution >= 0.6 is 0 Å². The monoisotopic (exact) mass is 478 g/mol. The van der Waals surface area contributed by atoms with Crippen LogP contribution in [0.3, 0.4) is 0 Å². The standard InChI is InChI=1S/C26H30N4O5/c1-17(31)29-26(13-7-3-4-8-14-26)25-28-23(35-30-25)12-11-22(32)27-21-16-19-10-6-5-9-18(19)15-20(21)24(33)34-2/h5-6,9-10,15-16H,3-4,7-8,11-14H2,1-2H3,(H,27,32)(H,29,31). The SMILES string of the molecule is COC(=O)c1cc2ccccc2cc1NC(=O)CCc1nc(C2(NC(C)=O)CCCCCC2)no1. The highest BCUT2D eigenvalue weighted by molar-refractivity contribution is 6.05. The minimum Gasteiger partial charge on any atom is -0.465 e. The first-order valence-corrected chi connectivity index (χ1v) is 11.9. The smallest absolute Gasteiger partial charge is 0.339 e. The van der Waals surface area contributed by atoms with E-state index < -0.39 is 11.5 Å². The summed E-state index contributed by atoms with van der Waals surface area (Å²) < 4.78 is 10.3. The third-order valence-corrected chi connectivity index (χ3v) is 6.40. The number of methoxy groups -OCH3 is 1. The quantitative estimate of drug-likeness (QED) is 0.384. The molecule has 0 bridgehead atoms. The minimum absolute atomic E-state index is 0.0855. The Kier molecular flexibility index (Phi) is 7.43. The Morgan fingerprint density at radius 2 is 1.74 bits per heavy atom. The summed E-state index contributed by atoms with van der Waals surface area (Å²) in [5.41, 5.74) is 0.0346. The lowest BCUT2D eigenvalue weighted by molar-refractivity contribution is -0.121. The summed E-state index contributed by atoms with van der Waals surface area (Å²) in [6.45, 7) is 1.49. The van der Waals surface area contributed by atoms with Gasteiger partial charge in [0.1, 0.15) is 5.54 Å². The van der Waals surface area contributed by atoms with Gasteiger partial charge in [0.2, 0.25) is 17.7 Å². The molecule has 0 atom stereocenters. The van der Waals surface area contributed by atoms with Crippen LogP contribution in [-0.2, 0) is 26.3 Å². The molecule has 184 valence electrons. The molecule has 2 aromatic carbocycles. The van der Waals surface area contributed by atoms with Crippen molar-refractivity contribution >= 4 is 34.2 Å². The second kappa shape index (κ2) is 10.7. The van der Waals surface area contributed by atoms with Crippen LogP contribution in [0.15, 0.2) is 40.9 Å².